The molecule has 0 atom stereocenters. The second-order valence-corrected chi connectivity index (χ2v) is 14.2. The van der Waals surface area contributed by atoms with Crippen LogP contribution in [0.4, 0.5) is 0 Å². The molecule has 0 bridgehead atoms. The molecule has 6 aromatic carbocycles. The van der Waals surface area contributed by atoms with Crippen LogP contribution in [0.1, 0.15) is 17.4 Å². The number of fused-ring (bicyclic) bond motifs is 9. The topological polar surface area (TPSA) is 43.6 Å². The zero-order chi connectivity index (χ0) is 35.5. The Bertz CT molecular complexity index is 3090. The molecule has 0 amide bonds. The maximum absolute atomic E-state index is 5.26. The number of para-hydroxylation sites is 1. The number of rotatable bonds is 6. The summed E-state index contributed by atoms with van der Waals surface area (Å²) in [6.07, 6.45) is 8.14. The largest absolute Gasteiger partial charge is 0.308 e. The predicted molar refractivity (Wildman–Crippen MR) is 226 cm³/mol. The molecule has 0 spiro atoms. The first-order chi connectivity index (χ1) is 26.2. The number of hydrogen-bond acceptors (Lipinski definition) is 4. The van der Waals surface area contributed by atoms with Crippen molar-refractivity contribution in [1.29, 1.82) is 0 Å². The number of hydrogen-bond donors (Lipinski definition) is 0. The number of allylic oxidation sites excluding steroid dienone is 1. The molecule has 0 saturated heterocycles. The van der Waals surface area contributed by atoms with Crippen molar-refractivity contribution in [3.63, 3.8) is 0 Å². The van der Waals surface area contributed by atoms with Crippen molar-refractivity contribution in [3.8, 4) is 39.5 Å². The Morgan fingerprint density at radius 3 is 2.19 bits per heavy atom. The summed E-state index contributed by atoms with van der Waals surface area (Å²) in [4.78, 5) is 16.3. The molecule has 0 aliphatic rings. The molecule has 5 heteroatoms. The van der Waals surface area contributed by atoms with Gasteiger partial charge in [-0.1, -0.05) is 122 Å². The fraction of sp³-hybridized carbons (Fsp3) is 0.0208. The van der Waals surface area contributed by atoms with Crippen LogP contribution in [-0.4, -0.2) is 19.5 Å². The van der Waals surface area contributed by atoms with Crippen molar-refractivity contribution in [2.24, 2.45) is 0 Å². The van der Waals surface area contributed by atoms with Crippen LogP contribution in [0, 0.1) is 0 Å². The lowest BCUT2D eigenvalue weighted by Gasteiger charge is -2.13. The van der Waals surface area contributed by atoms with E-state index >= 15 is 0 Å². The molecule has 0 unspecified atom stereocenters. The van der Waals surface area contributed by atoms with Crippen LogP contribution in [0.3, 0.4) is 0 Å². The summed E-state index contributed by atoms with van der Waals surface area (Å²) in [5.74, 6) is 0.657. The molecule has 53 heavy (non-hydrogen) atoms. The highest BCUT2D eigenvalue weighted by atomic mass is 32.1. The number of aromatic nitrogens is 4. The predicted octanol–water partition coefficient (Wildman–Crippen LogP) is 13.2. The van der Waals surface area contributed by atoms with Gasteiger partial charge in [-0.25, -0.2) is 9.97 Å². The van der Waals surface area contributed by atoms with Crippen LogP contribution >= 0.6 is 11.3 Å². The van der Waals surface area contributed by atoms with Crippen LogP contribution in [0.15, 0.2) is 158 Å². The van der Waals surface area contributed by atoms with E-state index in [1.165, 1.54) is 47.6 Å². The van der Waals surface area contributed by atoms with Gasteiger partial charge < -0.3 is 4.57 Å². The lowest BCUT2D eigenvalue weighted by atomic mass is 9.98. The van der Waals surface area contributed by atoms with E-state index in [4.69, 9.17) is 15.0 Å². The number of benzene rings is 6. The Morgan fingerprint density at radius 1 is 0.642 bits per heavy atom. The van der Waals surface area contributed by atoms with E-state index in [1.54, 1.807) is 0 Å². The van der Waals surface area contributed by atoms with E-state index in [1.807, 2.05) is 41.8 Å². The third-order valence-electron chi connectivity index (χ3n) is 10.1. The van der Waals surface area contributed by atoms with Gasteiger partial charge in [0.2, 0.25) is 0 Å². The molecule has 10 aromatic rings. The van der Waals surface area contributed by atoms with E-state index in [2.05, 4.69) is 152 Å². The summed E-state index contributed by atoms with van der Waals surface area (Å²) >= 11 is 1.83. The van der Waals surface area contributed by atoms with Crippen molar-refractivity contribution in [2.75, 3.05) is 0 Å². The third kappa shape index (κ3) is 4.93. The average Bonchev–Trinajstić information content (AvgIpc) is 3.77. The summed E-state index contributed by atoms with van der Waals surface area (Å²) in [7, 11) is 0. The normalized spacial score (nSPS) is 11.9. The van der Waals surface area contributed by atoms with E-state index in [0.29, 0.717) is 5.82 Å². The summed E-state index contributed by atoms with van der Waals surface area (Å²) in [5, 5.41) is 6.21. The minimum absolute atomic E-state index is 0.657. The highest BCUT2D eigenvalue weighted by molar-refractivity contribution is 7.21. The standard InChI is InChI=1S/C48H32N4S/c1-3-15-41-35(4-2)43-37-23-9-8-22-36(37)42-38-24-10-11-26-40(38)52(46(42)47(43)53-41)34-21-13-20-33(29-34)48-50-39-25-14-27-49-45(39)44(51-48)32-19-12-18-31(28-32)30-16-6-5-7-17-30/h3-29H,2H2,1H3/b15-3-. The Labute approximate surface area is 310 Å². The second-order valence-electron chi connectivity index (χ2n) is 13.2. The maximum atomic E-state index is 5.26. The van der Waals surface area contributed by atoms with Gasteiger partial charge in [-0.3, -0.25) is 4.98 Å². The van der Waals surface area contributed by atoms with Crippen LogP contribution in [0.5, 0.6) is 0 Å². The van der Waals surface area contributed by atoms with Gasteiger partial charge in [-0.15, -0.1) is 11.3 Å². The van der Waals surface area contributed by atoms with Gasteiger partial charge in [-0.2, -0.15) is 0 Å². The summed E-state index contributed by atoms with van der Waals surface area (Å²) in [5.41, 5.74) is 11.2. The Morgan fingerprint density at radius 2 is 1.36 bits per heavy atom. The molecule has 0 aliphatic carbocycles. The molecule has 0 fully saturated rings. The fourth-order valence-electron chi connectivity index (χ4n) is 7.85. The van der Waals surface area contributed by atoms with Gasteiger partial charge in [-0.05, 0) is 71.3 Å². The summed E-state index contributed by atoms with van der Waals surface area (Å²) in [6.45, 7) is 6.34. The first kappa shape index (κ1) is 31.1. The molecule has 0 saturated carbocycles. The first-order valence-electron chi connectivity index (χ1n) is 17.8. The Kier molecular flexibility index (Phi) is 7.34. The van der Waals surface area contributed by atoms with Crippen LogP contribution in [-0.2, 0) is 0 Å². The number of thiophene rings is 1. The number of pyridine rings is 1. The lowest BCUT2D eigenvalue weighted by molar-refractivity contribution is 1.17. The van der Waals surface area contributed by atoms with Gasteiger partial charge in [0, 0.05) is 49.6 Å². The summed E-state index contributed by atoms with van der Waals surface area (Å²) in [6, 6.07) is 49.1. The molecular formula is C48H32N4S. The molecule has 0 N–H and O–H groups in total. The quantitative estimate of drug-likeness (QED) is 0.174. The maximum Gasteiger partial charge on any atom is 0.160 e. The van der Waals surface area contributed by atoms with Crippen molar-refractivity contribution in [1.82, 2.24) is 19.5 Å². The molecule has 0 radical (unpaired) electrons. The van der Waals surface area contributed by atoms with Crippen molar-refractivity contribution in [3.05, 3.63) is 169 Å². The average molecular weight is 697 g/mol. The van der Waals surface area contributed by atoms with E-state index in [0.717, 1.165) is 50.2 Å². The highest BCUT2D eigenvalue weighted by Gasteiger charge is 2.23. The molecular weight excluding hydrogens is 665 g/mol. The molecule has 250 valence electrons. The van der Waals surface area contributed by atoms with E-state index in [9.17, 15) is 0 Å². The van der Waals surface area contributed by atoms with E-state index in [-0.39, 0.29) is 0 Å². The van der Waals surface area contributed by atoms with Crippen molar-refractivity contribution >= 4 is 77.2 Å². The summed E-state index contributed by atoms with van der Waals surface area (Å²) < 4.78 is 3.68. The number of nitrogens with zero attached hydrogens (tertiary/aromatic N) is 4. The molecule has 0 aliphatic heterocycles. The zero-order valence-corrected chi connectivity index (χ0v) is 29.8. The van der Waals surface area contributed by atoms with Crippen molar-refractivity contribution in [2.45, 2.75) is 6.92 Å². The molecule has 10 rings (SSSR count). The Balaban J connectivity index is 1.23. The third-order valence-corrected chi connectivity index (χ3v) is 11.3. The second kappa shape index (κ2) is 12.5. The molecule has 4 heterocycles. The highest BCUT2D eigenvalue weighted by Crippen LogP contribution is 2.47. The van der Waals surface area contributed by atoms with Crippen LogP contribution in [0.2, 0.25) is 0 Å². The van der Waals surface area contributed by atoms with Crippen LogP contribution in [0.25, 0.3) is 105 Å². The lowest BCUT2D eigenvalue weighted by Crippen LogP contribution is -1.99. The first-order valence-corrected chi connectivity index (χ1v) is 18.6. The van der Waals surface area contributed by atoms with Crippen molar-refractivity contribution < 1.29 is 0 Å². The fourth-order valence-corrected chi connectivity index (χ4v) is 9.18. The SMILES string of the molecule is C=Cc1c(/C=C\C)sc2c1c1ccccc1c1c3ccccc3n(-c3cccc(-c4nc(-c5cccc(-c6ccccc6)c5)c5ncccc5n4)c3)c21. The monoisotopic (exact) mass is 696 g/mol. The molecule has 4 nitrogen and oxygen atoms in total. The van der Waals surface area contributed by atoms with Gasteiger partial charge in [0.05, 0.1) is 21.3 Å². The Hall–Kier alpha value is -6.69. The van der Waals surface area contributed by atoms with E-state index < -0.39 is 0 Å². The zero-order valence-electron chi connectivity index (χ0n) is 29.0. The van der Waals surface area contributed by atoms with Gasteiger partial charge in [0.1, 0.15) is 11.2 Å². The smallest absolute Gasteiger partial charge is 0.160 e. The van der Waals surface area contributed by atoms with Crippen LogP contribution < -0.4 is 0 Å². The molecule has 4 aromatic heterocycles. The van der Waals surface area contributed by atoms with Gasteiger partial charge >= 0.3 is 0 Å². The minimum atomic E-state index is 0.657. The van der Waals surface area contributed by atoms with Gasteiger partial charge in [0.15, 0.2) is 5.82 Å². The minimum Gasteiger partial charge on any atom is -0.308 e. The van der Waals surface area contributed by atoms with Gasteiger partial charge in [0.25, 0.3) is 0 Å².